The largest absolute Gasteiger partial charge is 0.416 e. The van der Waals surface area contributed by atoms with Crippen LogP contribution >= 0.6 is 0 Å². The van der Waals surface area contributed by atoms with E-state index in [0.29, 0.717) is 0 Å². The van der Waals surface area contributed by atoms with Gasteiger partial charge < -0.3 is 5.32 Å². The second kappa shape index (κ2) is 4.71. The van der Waals surface area contributed by atoms with Crippen LogP contribution in [0, 0.1) is 0 Å². The first kappa shape index (κ1) is 13.1. The van der Waals surface area contributed by atoms with Gasteiger partial charge in [0, 0.05) is 12.6 Å². The topological polar surface area (TPSA) is 59.8 Å². The summed E-state index contributed by atoms with van der Waals surface area (Å²) in [5.41, 5.74) is -0.659. The van der Waals surface area contributed by atoms with Gasteiger partial charge in [0.15, 0.2) is 0 Å². The van der Waals surface area contributed by atoms with Gasteiger partial charge in [0.05, 0.1) is 23.6 Å². The fraction of sp³-hybridized carbons (Fsp3) is 0.182. The minimum absolute atomic E-state index is 0.0489. The maximum atomic E-state index is 12.8. The summed E-state index contributed by atoms with van der Waals surface area (Å²) in [5, 5.41) is 9.46. The Kier molecular flexibility index (Phi) is 3.24. The first-order valence-corrected chi connectivity index (χ1v) is 5.23. The Hall–Kier alpha value is -2.38. The van der Waals surface area contributed by atoms with E-state index < -0.39 is 17.6 Å². The molecule has 0 fully saturated rings. The highest BCUT2D eigenvalue weighted by Gasteiger charge is 2.31. The summed E-state index contributed by atoms with van der Waals surface area (Å²) in [4.78, 5) is 10.9. The minimum atomic E-state index is -4.51. The van der Waals surface area contributed by atoms with Gasteiger partial charge in [0.25, 0.3) is 0 Å². The molecule has 0 spiro atoms. The number of aromatic nitrogens is 3. The first-order valence-electron chi connectivity index (χ1n) is 5.23. The third-order valence-electron chi connectivity index (χ3n) is 2.25. The van der Waals surface area contributed by atoms with E-state index in [9.17, 15) is 18.0 Å². The molecule has 0 saturated heterocycles. The molecule has 1 N–H and O–H groups in total. The van der Waals surface area contributed by atoms with Gasteiger partial charge in [-0.25, -0.2) is 4.68 Å². The SMILES string of the molecule is CC(=O)Nc1cc(-n2ccnn2)cc(C(F)(F)F)c1. The molecule has 0 atom stereocenters. The molecular weight excluding hydrogens is 261 g/mol. The number of alkyl halides is 3. The molecular formula is C11H9F3N4O. The van der Waals surface area contributed by atoms with Crippen LogP contribution in [0.5, 0.6) is 0 Å². The Labute approximate surface area is 106 Å². The molecule has 1 heterocycles. The van der Waals surface area contributed by atoms with E-state index in [4.69, 9.17) is 0 Å². The van der Waals surface area contributed by atoms with Gasteiger partial charge >= 0.3 is 6.18 Å². The predicted molar refractivity (Wildman–Crippen MR) is 60.7 cm³/mol. The summed E-state index contributed by atoms with van der Waals surface area (Å²) >= 11 is 0. The van der Waals surface area contributed by atoms with Crippen LogP contribution in [0.1, 0.15) is 12.5 Å². The lowest BCUT2D eigenvalue weighted by Gasteiger charge is -2.12. The Balaban J connectivity index is 2.52. The molecule has 0 saturated carbocycles. The van der Waals surface area contributed by atoms with Gasteiger partial charge in [-0.05, 0) is 18.2 Å². The fourth-order valence-corrected chi connectivity index (χ4v) is 1.53. The molecule has 0 aliphatic heterocycles. The molecule has 1 amide bonds. The number of carbonyl (C=O) groups excluding carboxylic acids is 1. The number of benzene rings is 1. The van der Waals surface area contributed by atoms with Crippen molar-refractivity contribution in [3.8, 4) is 5.69 Å². The van der Waals surface area contributed by atoms with E-state index in [-0.39, 0.29) is 11.4 Å². The Morgan fingerprint density at radius 2 is 2.05 bits per heavy atom. The van der Waals surface area contributed by atoms with E-state index in [2.05, 4.69) is 15.6 Å². The van der Waals surface area contributed by atoms with Gasteiger partial charge in [-0.2, -0.15) is 13.2 Å². The maximum absolute atomic E-state index is 12.8. The van der Waals surface area contributed by atoms with Crippen LogP contribution in [0.25, 0.3) is 5.69 Å². The monoisotopic (exact) mass is 270 g/mol. The van der Waals surface area contributed by atoms with Crippen LogP contribution in [0.4, 0.5) is 18.9 Å². The first-order chi connectivity index (χ1) is 8.86. The average Bonchev–Trinajstić information content (AvgIpc) is 2.79. The maximum Gasteiger partial charge on any atom is 0.416 e. The number of nitrogens with one attached hydrogen (secondary N) is 1. The van der Waals surface area contributed by atoms with Crippen LogP contribution < -0.4 is 5.32 Å². The van der Waals surface area contributed by atoms with Crippen molar-refractivity contribution in [2.45, 2.75) is 13.1 Å². The molecule has 19 heavy (non-hydrogen) atoms. The standard InChI is InChI=1S/C11H9F3N4O/c1-7(19)16-9-4-8(11(12,13)14)5-10(6-9)18-3-2-15-17-18/h2-6H,1H3,(H,16,19). The number of rotatable bonds is 2. The molecule has 0 aliphatic carbocycles. The lowest BCUT2D eigenvalue weighted by molar-refractivity contribution is -0.137. The van der Waals surface area contributed by atoms with Gasteiger partial charge in [0.2, 0.25) is 5.91 Å². The summed E-state index contributed by atoms with van der Waals surface area (Å²) in [7, 11) is 0. The highest BCUT2D eigenvalue weighted by atomic mass is 19.4. The van der Waals surface area contributed by atoms with E-state index in [1.165, 1.54) is 30.1 Å². The molecule has 0 bridgehead atoms. The number of hydrogen-bond donors (Lipinski definition) is 1. The van der Waals surface area contributed by atoms with Crippen LogP contribution in [-0.2, 0) is 11.0 Å². The zero-order valence-electron chi connectivity index (χ0n) is 9.77. The lowest BCUT2D eigenvalue weighted by Crippen LogP contribution is -2.11. The van der Waals surface area contributed by atoms with Crippen molar-refractivity contribution in [2.24, 2.45) is 0 Å². The van der Waals surface area contributed by atoms with Crippen LogP contribution in [0.15, 0.2) is 30.6 Å². The average molecular weight is 270 g/mol. The Morgan fingerprint density at radius 3 is 2.58 bits per heavy atom. The summed E-state index contributed by atoms with van der Waals surface area (Å²) in [6.45, 7) is 1.22. The van der Waals surface area contributed by atoms with Crippen molar-refractivity contribution in [1.82, 2.24) is 15.0 Å². The molecule has 5 nitrogen and oxygen atoms in total. The van der Waals surface area contributed by atoms with Gasteiger partial charge in [-0.1, -0.05) is 5.21 Å². The van der Waals surface area contributed by atoms with Crippen LogP contribution in [0.3, 0.4) is 0 Å². The zero-order chi connectivity index (χ0) is 14.0. The number of hydrogen-bond acceptors (Lipinski definition) is 3. The van der Waals surface area contributed by atoms with Crippen molar-refractivity contribution in [3.05, 3.63) is 36.2 Å². The number of carbonyl (C=O) groups is 1. The second-order valence-electron chi connectivity index (χ2n) is 3.80. The molecule has 1 aromatic carbocycles. The van der Waals surface area contributed by atoms with Crippen molar-refractivity contribution in [2.75, 3.05) is 5.32 Å². The molecule has 2 rings (SSSR count). The summed E-state index contributed by atoms with van der Waals surface area (Å²) in [6, 6.07) is 3.17. The van der Waals surface area contributed by atoms with E-state index in [1.54, 1.807) is 0 Å². The van der Waals surface area contributed by atoms with Gasteiger partial charge in [0.1, 0.15) is 0 Å². The molecule has 8 heteroatoms. The molecule has 0 unspecified atom stereocenters. The number of nitrogens with zero attached hydrogens (tertiary/aromatic N) is 3. The van der Waals surface area contributed by atoms with Crippen LogP contribution in [0.2, 0.25) is 0 Å². The second-order valence-corrected chi connectivity index (χ2v) is 3.80. The smallest absolute Gasteiger partial charge is 0.326 e. The van der Waals surface area contributed by atoms with Crippen molar-refractivity contribution in [1.29, 1.82) is 0 Å². The van der Waals surface area contributed by atoms with Crippen molar-refractivity contribution >= 4 is 11.6 Å². The van der Waals surface area contributed by atoms with E-state index >= 15 is 0 Å². The summed E-state index contributed by atoms with van der Waals surface area (Å²) in [5.74, 6) is -0.455. The predicted octanol–water partition coefficient (Wildman–Crippen LogP) is 2.24. The van der Waals surface area contributed by atoms with Crippen molar-refractivity contribution < 1.29 is 18.0 Å². The van der Waals surface area contributed by atoms with Crippen molar-refractivity contribution in [3.63, 3.8) is 0 Å². The number of halogens is 3. The van der Waals surface area contributed by atoms with E-state index in [1.807, 2.05) is 0 Å². The lowest BCUT2D eigenvalue weighted by atomic mass is 10.1. The molecule has 0 aliphatic rings. The highest BCUT2D eigenvalue weighted by molar-refractivity contribution is 5.89. The number of amides is 1. The molecule has 0 radical (unpaired) electrons. The molecule has 2 aromatic rings. The zero-order valence-corrected chi connectivity index (χ0v) is 9.77. The normalized spacial score (nSPS) is 11.4. The van der Waals surface area contributed by atoms with Gasteiger partial charge in [-0.15, -0.1) is 5.10 Å². The fourth-order valence-electron chi connectivity index (χ4n) is 1.53. The highest BCUT2D eigenvalue weighted by Crippen LogP contribution is 2.32. The van der Waals surface area contributed by atoms with Crippen LogP contribution in [-0.4, -0.2) is 20.9 Å². The Bertz CT molecular complexity index is 592. The van der Waals surface area contributed by atoms with E-state index in [0.717, 1.165) is 12.1 Å². The summed E-state index contributed by atoms with van der Waals surface area (Å²) in [6.07, 6.45) is -1.75. The third-order valence-corrected chi connectivity index (χ3v) is 2.25. The minimum Gasteiger partial charge on any atom is -0.326 e. The molecule has 1 aromatic heterocycles. The summed E-state index contributed by atoms with van der Waals surface area (Å²) < 4.78 is 39.5. The molecule has 100 valence electrons. The van der Waals surface area contributed by atoms with Gasteiger partial charge in [-0.3, -0.25) is 4.79 Å². The Morgan fingerprint density at radius 1 is 1.32 bits per heavy atom. The quantitative estimate of drug-likeness (QED) is 0.910. The third kappa shape index (κ3) is 3.09. The number of anilines is 1.